The van der Waals surface area contributed by atoms with Crippen LogP contribution in [0.2, 0.25) is 0 Å². The van der Waals surface area contributed by atoms with E-state index in [9.17, 15) is 4.79 Å². The van der Waals surface area contributed by atoms with Gasteiger partial charge in [0, 0.05) is 18.0 Å². The van der Waals surface area contributed by atoms with Gasteiger partial charge in [0.15, 0.2) is 0 Å². The van der Waals surface area contributed by atoms with E-state index in [1.54, 1.807) is 6.07 Å². The van der Waals surface area contributed by atoms with E-state index >= 15 is 0 Å². The maximum Gasteiger partial charge on any atom is 0.275 e. The Kier molecular flexibility index (Phi) is 4.34. The Morgan fingerprint density at radius 2 is 2.12 bits per heavy atom. The standard InChI is InChI=1S/C19H20N4O2S/c1-4-22(12(2)17-9-14-7-5-6-8-16(14)25-17)11-15-10-18(24)23-19(20-15)26-13(3)21-23/h5-10,12H,4,11H2,1-3H3/t12-/m1/s1. The van der Waals surface area contributed by atoms with Crippen LogP contribution >= 0.6 is 11.3 Å². The highest BCUT2D eigenvalue weighted by Crippen LogP contribution is 2.28. The van der Waals surface area contributed by atoms with Gasteiger partial charge in [0.1, 0.15) is 16.4 Å². The molecule has 134 valence electrons. The summed E-state index contributed by atoms with van der Waals surface area (Å²) in [6, 6.07) is 11.7. The number of fused-ring (bicyclic) bond motifs is 2. The number of aryl methyl sites for hydroxylation is 1. The van der Waals surface area contributed by atoms with Crippen molar-refractivity contribution in [1.82, 2.24) is 19.5 Å². The molecule has 4 aromatic rings. The third-order valence-electron chi connectivity index (χ3n) is 4.57. The monoisotopic (exact) mass is 368 g/mol. The topological polar surface area (TPSA) is 63.6 Å². The van der Waals surface area contributed by atoms with Crippen LogP contribution in [-0.4, -0.2) is 26.0 Å². The van der Waals surface area contributed by atoms with Gasteiger partial charge in [-0.1, -0.05) is 36.5 Å². The molecule has 0 aliphatic carbocycles. The third kappa shape index (κ3) is 3.04. The maximum atomic E-state index is 12.3. The van der Waals surface area contributed by atoms with Crippen LogP contribution in [0.15, 0.2) is 45.6 Å². The number of furan rings is 1. The zero-order valence-corrected chi connectivity index (χ0v) is 15.8. The number of nitrogens with zero attached hydrogens (tertiary/aromatic N) is 4. The van der Waals surface area contributed by atoms with Gasteiger partial charge in [-0.3, -0.25) is 9.69 Å². The van der Waals surface area contributed by atoms with Crippen LogP contribution in [0.25, 0.3) is 15.9 Å². The average molecular weight is 368 g/mol. The lowest BCUT2D eigenvalue weighted by molar-refractivity contribution is 0.189. The molecule has 0 unspecified atom stereocenters. The van der Waals surface area contributed by atoms with Gasteiger partial charge in [0.25, 0.3) is 5.56 Å². The zero-order chi connectivity index (χ0) is 18.3. The molecule has 3 aromatic heterocycles. The number of benzene rings is 1. The molecule has 7 heteroatoms. The Bertz CT molecular complexity index is 1090. The predicted molar refractivity (Wildman–Crippen MR) is 103 cm³/mol. The van der Waals surface area contributed by atoms with Crippen molar-refractivity contribution in [2.45, 2.75) is 33.4 Å². The Labute approximate surface area is 154 Å². The average Bonchev–Trinajstić information content (AvgIpc) is 3.22. The van der Waals surface area contributed by atoms with E-state index in [4.69, 9.17) is 4.42 Å². The smallest absolute Gasteiger partial charge is 0.275 e. The van der Waals surface area contributed by atoms with E-state index in [1.807, 2.05) is 31.2 Å². The van der Waals surface area contributed by atoms with E-state index in [0.717, 1.165) is 34.0 Å². The molecular formula is C19H20N4O2S. The first-order chi connectivity index (χ1) is 12.5. The Morgan fingerprint density at radius 1 is 1.31 bits per heavy atom. The first-order valence-corrected chi connectivity index (χ1v) is 9.45. The molecule has 4 rings (SSSR count). The molecule has 0 N–H and O–H groups in total. The van der Waals surface area contributed by atoms with Gasteiger partial charge in [-0.05, 0) is 32.5 Å². The summed E-state index contributed by atoms with van der Waals surface area (Å²) in [7, 11) is 0. The van der Waals surface area contributed by atoms with Crippen molar-refractivity contribution in [1.29, 1.82) is 0 Å². The molecule has 0 aliphatic heterocycles. The predicted octanol–water partition coefficient (Wildman–Crippen LogP) is 3.79. The molecule has 0 spiro atoms. The van der Waals surface area contributed by atoms with Crippen molar-refractivity contribution >= 4 is 27.3 Å². The van der Waals surface area contributed by atoms with E-state index in [2.05, 4.69) is 34.9 Å². The van der Waals surface area contributed by atoms with Crippen LogP contribution in [0.1, 0.15) is 36.4 Å². The molecule has 1 aromatic carbocycles. The molecule has 0 amide bonds. The van der Waals surface area contributed by atoms with Crippen molar-refractivity contribution in [3.63, 3.8) is 0 Å². The molecule has 1 atom stereocenters. The van der Waals surface area contributed by atoms with Crippen molar-refractivity contribution in [3.05, 3.63) is 63.2 Å². The quantitative estimate of drug-likeness (QED) is 0.536. The lowest BCUT2D eigenvalue weighted by Crippen LogP contribution is -2.28. The van der Waals surface area contributed by atoms with Crippen LogP contribution in [0, 0.1) is 6.92 Å². The third-order valence-corrected chi connectivity index (χ3v) is 5.40. The van der Waals surface area contributed by atoms with Crippen molar-refractivity contribution in [2.75, 3.05) is 6.54 Å². The minimum atomic E-state index is -0.137. The van der Waals surface area contributed by atoms with Crippen molar-refractivity contribution < 1.29 is 4.42 Å². The largest absolute Gasteiger partial charge is 0.459 e. The number of aromatic nitrogens is 3. The minimum Gasteiger partial charge on any atom is -0.459 e. The van der Waals surface area contributed by atoms with Gasteiger partial charge in [-0.15, -0.1) is 0 Å². The number of rotatable bonds is 5. The molecule has 0 aliphatic rings. The summed E-state index contributed by atoms with van der Waals surface area (Å²) in [6.07, 6.45) is 0. The Balaban J connectivity index is 1.63. The zero-order valence-electron chi connectivity index (χ0n) is 15.0. The normalized spacial score (nSPS) is 13.1. The van der Waals surface area contributed by atoms with Crippen molar-refractivity contribution in [2.24, 2.45) is 0 Å². The molecule has 0 saturated carbocycles. The SMILES string of the molecule is CCN(Cc1cc(=O)n2nc(C)sc2n1)[C@H](C)c1cc2ccccc2o1. The molecule has 0 saturated heterocycles. The fourth-order valence-electron chi connectivity index (χ4n) is 3.15. The molecule has 6 nitrogen and oxygen atoms in total. The number of hydrogen-bond acceptors (Lipinski definition) is 6. The van der Waals surface area contributed by atoms with E-state index in [0.29, 0.717) is 11.5 Å². The summed E-state index contributed by atoms with van der Waals surface area (Å²) in [6.45, 7) is 7.49. The van der Waals surface area contributed by atoms with Crippen molar-refractivity contribution in [3.8, 4) is 0 Å². The molecule has 0 bridgehead atoms. The molecule has 26 heavy (non-hydrogen) atoms. The van der Waals surface area contributed by atoms with Crippen LogP contribution in [-0.2, 0) is 6.54 Å². The second-order valence-electron chi connectivity index (χ2n) is 6.33. The van der Waals surface area contributed by atoms with E-state index in [-0.39, 0.29) is 11.6 Å². The summed E-state index contributed by atoms with van der Waals surface area (Å²) in [5.41, 5.74) is 1.51. The summed E-state index contributed by atoms with van der Waals surface area (Å²) in [5, 5.41) is 6.12. The summed E-state index contributed by atoms with van der Waals surface area (Å²) in [5.74, 6) is 0.916. The van der Waals surface area contributed by atoms with Crippen LogP contribution < -0.4 is 5.56 Å². The fraction of sp³-hybridized carbons (Fsp3) is 0.316. The van der Waals surface area contributed by atoms with E-state index < -0.39 is 0 Å². The maximum absolute atomic E-state index is 12.3. The Hall–Kier alpha value is -2.51. The van der Waals surface area contributed by atoms with Gasteiger partial charge in [-0.2, -0.15) is 9.61 Å². The minimum absolute atomic E-state index is 0.0795. The number of hydrogen-bond donors (Lipinski definition) is 0. The van der Waals surface area contributed by atoms with Crippen LogP contribution in [0.3, 0.4) is 0 Å². The highest BCUT2D eigenvalue weighted by molar-refractivity contribution is 7.16. The van der Waals surface area contributed by atoms with Crippen LogP contribution in [0.5, 0.6) is 0 Å². The van der Waals surface area contributed by atoms with Crippen LogP contribution in [0.4, 0.5) is 0 Å². The summed E-state index contributed by atoms with van der Waals surface area (Å²) < 4.78 is 7.38. The van der Waals surface area contributed by atoms with E-state index in [1.165, 1.54) is 15.9 Å². The van der Waals surface area contributed by atoms with Gasteiger partial charge >= 0.3 is 0 Å². The summed E-state index contributed by atoms with van der Waals surface area (Å²) in [4.78, 5) is 19.8. The second-order valence-corrected chi connectivity index (χ2v) is 7.49. The highest BCUT2D eigenvalue weighted by Gasteiger charge is 2.20. The lowest BCUT2D eigenvalue weighted by atomic mass is 10.2. The first kappa shape index (κ1) is 16.9. The van der Waals surface area contributed by atoms with Gasteiger partial charge in [0.05, 0.1) is 11.7 Å². The second kappa shape index (κ2) is 6.66. The molecular weight excluding hydrogens is 348 g/mol. The number of para-hydroxylation sites is 1. The molecule has 0 fully saturated rings. The van der Waals surface area contributed by atoms with Gasteiger partial charge in [0.2, 0.25) is 4.96 Å². The highest BCUT2D eigenvalue weighted by atomic mass is 32.1. The van der Waals surface area contributed by atoms with Gasteiger partial charge < -0.3 is 4.42 Å². The van der Waals surface area contributed by atoms with Gasteiger partial charge in [-0.25, -0.2) is 4.98 Å². The Morgan fingerprint density at radius 3 is 2.88 bits per heavy atom. The molecule has 0 radical (unpaired) electrons. The lowest BCUT2D eigenvalue weighted by Gasteiger charge is -2.25. The summed E-state index contributed by atoms with van der Waals surface area (Å²) >= 11 is 1.43. The molecule has 3 heterocycles. The fourth-order valence-corrected chi connectivity index (χ4v) is 3.92. The first-order valence-electron chi connectivity index (χ1n) is 8.64.